The highest BCUT2D eigenvalue weighted by Crippen LogP contribution is 2.20. The quantitative estimate of drug-likeness (QED) is 0.795. The molecule has 1 aromatic rings. The van der Waals surface area contributed by atoms with Crippen molar-refractivity contribution >= 4 is 17.5 Å². The number of aliphatic hydroxyl groups excluding tert-OH is 1. The molecule has 6 heteroatoms. The van der Waals surface area contributed by atoms with Gasteiger partial charge >= 0.3 is 0 Å². The fourth-order valence-corrected chi connectivity index (χ4v) is 3.47. The molecule has 2 aliphatic heterocycles. The van der Waals surface area contributed by atoms with Crippen molar-refractivity contribution in [2.45, 2.75) is 31.4 Å². The Morgan fingerprint density at radius 3 is 2.96 bits per heavy atom. The third-order valence-corrected chi connectivity index (χ3v) is 4.78. The van der Waals surface area contributed by atoms with Crippen LogP contribution in [0.15, 0.2) is 36.9 Å². The first-order valence-electron chi connectivity index (χ1n) is 8.82. The van der Waals surface area contributed by atoms with Gasteiger partial charge < -0.3 is 20.2 Å². The summed E-state index contributed by atoms with van der Waals surface area (Å²) in [5, 5.41) is 13.0. The fourth-order valence-electron chi connectivity index (χ4n) is 3.47. The van der Waals surface area contributed by atoms with Gasteiger partial charge in [-0.1, -0.05) is 12.1 Å². The summed E-state index contributed by atoms with van der Waals surface area (Å²) < 4.78 is 0. The van der Waals surface area contributed by atoms with Gasteiger partial charge in [0.25, 0.3) is 5.91 Å². The number of carbonyl (C=O) groups is 2. The van der Waals surface area contributed by atoms with Crippen molar-refractivity contribution in [1.82, 2.24) is 9.80 Å². The second-order valence-electron chi connectivity index (χ2n) is 6.69. The van der Waals surface area contributed by atoms with E-state index in [1.54, 1.807) is 28.0 Å². The second-order valence-corrected chi connectivity index (χ2v) is 6.69. The number of carbonyl (C=O) groups excluding carboxylic acids is 2. The lowest BCUT2D eigenvalue weighted by atomic mass is 10.1. The van der Waals surface area contributed by atoms with Crippen LogP contribution in [0.2, 0.25) is 0 Å². The van der Waals surface area contributed by atoms with Gasteiger partial charge in [0, 0.05) is 37.4 Å². The minimum atomic E-state index is -0.439. The summed E-state index contributed by atoms with van der Waals surface area (Å²) in [4.78, 5) is 28.4. The van der Waals surface area contributed by atoms with E-state index in [4.69, 9.17) is 0 Å². The van der Waals surface area contributed by atoms with Crippen LogP contribution in [0, 0.1) is 0 Å². The van der Waals surface area contributed by atoms with Gasteiger partial charge in [0.1, 0.15) is 6.04 Å². The first-order chi connectivity index (χ1) is 12.1. The number of nitrogens with one attached hydrogen (secondary N) is 1. The minimum absolute atomic E-state index is 0.0655. The van der Waals surface area contributed by atoms with Crippen LogP contribution < -0.4 is 5.32 Å². The van der Waals surface area contributed by atoms with E-state index >= 15 is 0 Å². The number of amides is 2. The number of piperidine rings is 1. The van der Waals surface area contributed by atoms with Gasteiger partial charge in [0.05, 0.1) is 6.10 Å². The van der Waals surface area contributed by atoms with Gasteiger partial charge in [-0.15, -0.1) is 6.58 Å². The predicted octanol–water partition coefficient (Wildman–Crippen LogP) is 1.48. The Balaban J connectivity index is 1.66. The summed E-state index contributed by atoms with van der Waals surface area (Å²) in [5.74, 6) is -0.00999. The average molecular weight is 343 g/mol. The number of likely N-dealkylation sites (tertiary alicyclic amines) is 2. The number of aliphatic hydroxyl groups is 1. The SMILES string of the molecule is C=CCN1CCC(Nc2cccc(C(=O)N3CCCC(O)C3)c2)C1=O. The molecule has 2 N–H and O–H groups in total. The van der Waals surface area contributed by atoms with E-state index in [0.29, 0.717) is 31.7 Å². The molecule has 2 atom stereocenters. The monoisotopic (exact) mass is 343 g/mol. The number of β-amino-alcohol motifs (C(OH)–C–C–N with tert-alkyl or cyclic N) is 1. The van der Waals surface area contributed by atoms with E-state index in [9.17, 15) is 14.7 Å². The van der Waals surface area contributed by atoms with Crippen molar-refractivity contribution in [2.75, 3.05) is 31.5 Å². The molecule has 3 rings (SSSR count). The van der Waals surface area contributed by atoms with Crippen LogP contribution in [-0.4, -0.2) is 65.0 Å². The zero-order valence-corrected chi connectivity index (χ0v) is 14.4. The van der Waals surface area contributed by atoms with E-state index in [2.05, 4.69) is 11.9 Å². The molecule has 6 nitrogen and oxygen atoms in total. The number of rotatable bonds is 5. The molecule has 0 saturated carbocycles. The summed E-state index contributed by atoms with van der Waals surface area (Å²) in [6.07, 6.45) is 3.60. The van der Waals surface area contributed by atoms with E-state index < -0.39 is 6.10 Å². The smallest absolute Gasteiger partial charge is 0.254 e. The van der Waals surface area contributed by atoms with E-state index in [-0.39, 0.29) is 17.9 Å². The first-order valence-corrected chi connectivity index (χ1v) is 8.82. The van der Waals surface area contributed by atoms with E-state index in [0.717, 1.165) is 24.9 Å². The van der Waals surface area contributed by atoms with Crippen LogP contribution in [0.3, 0.4) is 0 Å². The molecule has 0 aliphatic carbocycles. The normalized spacial score (nSPS) is 23.6. The van der Waals surface area contributed by atoms with Crippen molar-refractivity contribution in [3.05, 3.63) is 42.5 Å². The molecule has 0 radical (unpaired) electrons. The average Bonchev–Trinajstić information content (AvgIpc) is 2.95. The van der Waals surface area contributed by atoms with Crippen molar-refractivity contribution in [3.8, 4) is 0 Å². The summed E-state index contributed by atoms with van der Waals surface area (Å²) in [6, 6.07) is 6.98. The van der Waals surface area contributed by atoms with Gasteiger partial charge in [0.15, 0.2) is 0 Å². The Bertz CT molecular complexity index is 661. The van der Waals surface area contributed by atoms with Gasteiger partial charge in [-0.05, 0) is 37.5 Å². The molecule has 2 aliphatic rings. The molecule has 25 heavy (non-hydrogen) atoms. The topological polar surface area (TPSA) is 72.9 Å². The highest BCUT2D eigenvalue weighted by molar-refractivity contribution is 5.95. The molecule has 0 spiro atoms. The minimum Gasteiger partial charge on any atom is -0.391 e. The van der Waals surface area contributed by atoms with Crippen molar-refractivity contribution < 1.29 is 14.7 Å². The fraction of sp³-hybridized carbons (Fsp3) is 0.474. The molecule has 2 heterocycles. The molecule has 0 bridgehead atoms. The van der Waals surface area contributed by atoms with Crippen LogP contribution in [0.25, 0.3) is 0 Å². The lowest BCUT2D eigenvalue weighted by Crippen LogP contribution is -2.42. The zero-order chi connectivity index (χ0) is 17.8. The molecule has 0 aromatic heterocycles. The van der Waals surface area contributed by atoms with Gasteiger partial charge in [0.2, 0.25) is 5.91 Å². The van der Waals surface area contributed by atoms with Crippen molar-refractivity contribution in [1.29, 1.82) is 0 Å². The predicted molar refractivity (Wildman–Crippen MR) is 96.4 cm³/mol. The summed E-state index contributed by atoms with van der Waals surface area (Å²) in [5.41, 5.74) is 1.34. The Hall–Kier alpha value is -2.34. The number of anilines is 1. The summed E-state index contributed by atoms with van der Waals surface area (Å²) >= 11 is 0. The first kappa shape index (κ1) is 17.5. The Labute approximate surface area is 148 Å². The summed E-state index contributed by atoms with van der Waals surface area (Å²) in [6.45, 7) is 6.01. The number of hydrogen-bond donors (Lipinski definition) is 2. The van der Waals surface area contributed by atoms with E-state index in [1.165, 1.54) is 0 Å². The largest absolute Gasteiger partial charge is 0.391 e. The van der Waals surface area contributed by atoms with Crippen LogP contribution in [0.1, 0.15) is 29.6 Å². The third kappa shape index (κ3) is 4.02. The molecule has 1 aromatic carbocycles. The maximum Gasteiger partial charge on any atom is 0.254 e. The summed E-state index contributed by atoms with van der Waals surface area (Å²) in [7, 11) is 0. The molecule has 2 amide bonds. The van der Waals surface area contributed by atoms with Gasteiger partial charge in [-0.2, -0.15) is 0 Å². The van der Waals surface area contributed by atoms with E-state index in [1.807, 2.05) is 12.1 Å². The molecular formula is C19H25N3O3. The lowest BCUT2D eigenvalue weighted by molar-refractivity contribution is -0.127. The molecular weight excluding hydrogens is 318 g/mol. The Morgan fingerprint density at radius 1 is 1.36 bits per heavy atom. The van der Waals surface area contributed by atoms with Crippen LogP contribution in [-0.2, 0) is 4.79 Å². The third-order valence-electron chi connectivity index (χ3n) is 4.78. The van der Waals surface area contributed by atoms with Crippen LogP contribution >= 0.6 is 0 Å². The maximum atomic E-state index is 12.6. The highest BCUT2D eigenvalue weighted by Gasteiger charge is 2.30. The van der Waals surface area contributed by atoms with Crippen molar-refractivity contribution in [3.63, 3.8) is 0 Å². The Morgan fingerprint density at radius 2 is 2.20 bits per heavy atom. The highest BCUT2D eigenvalue weighted by atomic mass is 16.3. The van der Waals surface area contributed by atoms with Crippen LogP contribution in [0.5, 0.6) is 0 Å². The maximum absolute atomic E-state index is 12.6. The number of hydrogen-bond acceptors (Lipinski definition) is 4. The lowest BCUT2D eigenvalue weighted by Gasteiger charge is -2.30. The molecule has 2 fully saturated rings. The van der Waals surface area contributed by atoms with Gasteiger partial charge in [-0.25, -0.2) is 0 Å². The Kier molecular flexibility index (Phi) is 5.38. The van der Waals surface area contributed by atoms with Crippen LogP contribution in [0.4, 0.5) is 5.69 Å². The van der Waals surface area contributed by atoms with Crippen molar-refractivity contribution in [2.24, 2.45) is 0 Å². The number of nitrogens with zero attached hydrogens (tertiary/aromatic N) is 2. The second kappa shape index (κ2) is 7.70. The molecule has 2 saturated heterocycles. The standard InChI is InChI=1S/C19H25N3O3/c1-2-9-21-11-8-17(19(21)25)20-15-6-3-5-14(12-15)18(24)22-10-4-7-16(23)13-22/h2-3,5-6,12,16-17,20,23H,1,4,7-11,13H2. The molecule has 134 valence electrons. The number of benzene rings is 1. The zero-order valence-electron chi connectivity index (χ0n) is 14.4. The van der Waals surface area contributed by atoms with Gasteiger partial charge in [-0.3, -0.25) is 9.59 Å². The molecule has 2 unspecified atom stereocenters.